The van der Waals surface area contributed by atoms with Gasteiger partial charge in [-0.05, 0) is 54.3 Å². The molecule has 0 spiro atoms. The minimum atomic E-state index is -3.15. The molecule has 1 heterocycles. The number of nitrogens with zero attached hydrogens (tertiary/aromatic N) is 1. The van der Waals surface area contributed by atoms with E-state index in [9.17, 15) is 17.6 Å². The van der Waals surface area contributed by atoms with E-state index in [0.29, 0.717) is 30.3 Å². The van der Waals surface area contributed by atoms with Gasteiger partial charge < -0.3 is 9.64 Å². The number of amides is 1. The Morgan fingerprint density at radius 1 is 1.14 bits per heavy atom. The fourth-order valence-electron chi connectivity index (χ4n) is 3.30. The first-order valence-corrected chi connectivity index (χ1v) is 11.5. The average Bonchev–Trinajstić information content (AvgIpc) is 3.05. The molecule has 3 rings (SSSR count). The smallest absolute Gasteiger partial charge is 0.254 e. The summed E-state index contributed by atoms with van der Waals surface area (Å²) in [6, 6.07) is 12.4. The highest BCUT2D eigenvalue weighted by atomic mass is 32.2. The van der Waals surface area contributed by atoms with Crippen molar-refractivity contribution in [3.63, 3.8) is 0 Å². The summed E-state index contributed by atoms with van der Waals surface area (Å²) < 4.78 is 42.8. The minimum absolute atomic E-state index is 0.0461. The highest BCUT2D eigenvalue weighted by molar-refractivity contribution is 7.91. The molecule has 1 aliphatic heterocycles. The van der Waals surface area contributed by atoms with E-state index in [-0.39, 0.29) is 29.8 Å². The van der Waals surface area contributed by atoms with Crippen LogP contribution in [-0.2, 0) is 16.4 Å². The lowest BCUT2D eigenvalue weighted by Crippen LogP contribution is -2.40. The fourth-order valence-corrected chi connectivity index (χ4v) is 5.03. The molecule has 0 N–H and O–H groups in total. The van der Waals surface area contributed by atoms with Crippen molar-refractivity contribution < 1.29 is 22.3 Å². The molecule has 7 heteroatoms. The Morgan fingerprint density at radius 3 is 2.34 bits per heavy atom. The average molecular weight is 420 g/mol. The molecule has 1 amide bonds. The first-order chi connectivity index (χ1) is 13.7. The summed E-state index contributed by atoms with van der Waals surface area (Å²) in [6.45, 7) is 4.93. The van der Waals surface area contributed by atoms with Crippen molar-refractivity contribution >= 4 is 15.7 Å². The maximum absolute atomic E-state index is 13.2. The molecule has 0 saturated carbocycles. The molecule has 2 aromatic rings. The van der Waals surface area contributed by atoms with Gasteiger partial charge in [0.1, 0.15) is 11.6 Å². The van der Waals surface area contributed by atoms with Gasteiger partial charge >= 0.3 is 0 Å². The first kappa shape index (κ1) is 21.3. The van der Waals surface area contributed by atoms with Crippen LogP contribution in [0.4, 0.5) is 4.39 Å². The van der Waals surface area contributed by atoms with Gasteiger partial charge in [-0.1, -0.05) is 26.0 Å². The van der Waals surface area contributed by atoms with E-state index in [1.54, 1.807) is 41.3 Å². The molecule has 5 nitrogen and oxygen atoms in total. The van der Waals surface area contributed by atoms with E-state index >= 15 is 0 Å². The lowest BCUT2D eigenvalue weighted by Gasteiger charge is -2.28. The number of carbonyl (C=O) groups excluding carboxylic acids is 1. The second-order valence-electron chi connectivity index (χ2n) is 7.85. The highest BCUT2D eigenvalue weighted by Gasteiger charge is 2.35. The Bertz CT molecular complexity index is 940. The number of hydrogen-bond donors (Lipinski definition) is 0. The van der Waals surface area contributed by atoms with Gasteiger partial charge in [0.2, 0.25) is 0 Å². The molecule has 0 aliphatic carbocycles. The van der Waals surface area contributed by atoms with Gasteiger partial charge in [-0.3, -0.25) is 4.79 Å². The maximum atomic E-state index is 13.2. The van der Waals surface area contributed by atoms with Crippen molar-refractivity contribution in [3.05, 3.63) is 65.5 Å². The molecule has 29 heavy (non-hydrogen) atoms. The normalized spacial score (nSPS) is 18.0. The third-order valence-corrected chi connectivity index (χ3v) is 6.61. The van der Waals surface area contributed by atoms with E-state index in [1.807, 2.05) is 0 Å². The largest absolute Gasteiger partial charge is 0.493 e. The van der Waals surface area contributed by atoms with Crippen LogP contribution in [0, 0.1) is 11.7 Å². The summed E-state index contributed by atoms with van der Waals surface area (Å²) in [7, 11) is -3.15. The van der Waals surface area contributed by atoms with Gasteiger partial charge in [0.25, 0.3) is 5.91 Å². The van der Waals surface area contributed by atoms with Gasteiger partial charge in [-0.15, -0.1) is 0 Å². The molecule has 1 atom stereocenters. The zero-order valence-electron chi connectivity index (χ0n) is 16.7. The minimum Gasteiger partial charge on any atom is -0.493 e. The molecule has 0 aromatic heterocycles. The monoisotopic (exact) mass is 419 g/mol. The summed E-state index contributed by atoms with van der Waals surface area (Å²) in [5.74, 6) is 0.511. The summed E-state index contributed by atoms with van der Waals surface area (Å²) in [6.07, 6.45) is 0.408. The standard InChI is InChI=1S/C22H26FNO4S/c1-16(2)14-28-21-9-5-18(6-10-21)22(25)24(20-11-12-29(26,27)15-20)13-17-3-7-19(23)8-4-17/h3-10,16,20H,11-15H2,1-2H3/t20-/m0/s1. The van der Waals surface area contributed by atoms with Gasteiger partial charge in [0.15, 0.2) is 9.84 Å². The zero-order valence-corrected chi connectivity index (χ0v) is 17.5. The van der Waals surface area contributed by atoms with Crippen molar-refractivity contribution in [2.45, 2.75) is 32.9 Å². The number of sulfone groups is 1. The Balaban J connectivity index is 1.80. The van der Waals surface area contributed by atoms with Crippen molar-refractivity contribution in [2.75, 3.05) is 18.1 Å². The van der Waals surface area contributed by atoms with Crippen molar-refractivity contribution in [3.8, 4) is 5.75 Å². The molecule has 1 saturated heterocycles. The second kappa shape index (κ2) is 8.95. The third kappa shape index (κ3) is 5.79. The van der Waals surface area contributed by atoms with Crippen LogP contribution < -0.4 is 4.74 Å². The van der Waals surface area contributed by atoms with Crippen molar-refractivity contribution in [2.24, 2.45) is 5.92 Å². The molecule has 156 valence electrons. The quantitative estimate of drug-likeness (QED) is 0.687. The fraction of sp³-hybridized carbons (Fsp3) is 0.409. The third-order valence-electron chi connectivity index (χ3n) is 4.86. The first-order valence-electron chi connectivity index (χ1n) is 9.72. The van der Waals surface area contributed by atoms with Crippen molar-refractivity contribution in [1.29, 1.82) is 0 Å². The van der Waals surface area contributed by atoms with Crippen LogP contribution in [-0.4, -0.2) is 43.4 Å². The highest BCUT2D eigenvalue weighted by Crippen LogP contribution is 2.23. The molecule has 2 aromatic carbocycles. The summed E-state index contributed by atoms with van der Waals surface area (Å²) in [5, 5.41) is 0. The maximum Gasteiger partial charge on any atom is 0.254 e. The van der Waals surface area contributed by atoms with Crippen LogP contribution in [0.25, 0.3) is 0 Å². The summed E-state index contributed by atoms with van der Waals surface area (Å²) >= 11 is 0. The van der Waals surface area contributed by atoms with Gasteiger partial charge in [0.05, 0.1) is 18.1 Å². The molecular weight excluding hydrogens is 393 g/mol. The molecule has 1 fully saturated rings. The SMILES string of the molecule is CC(C)COc1ccc(C(=O)N(Cc2ccc(F)cc2)[C@H]2CCS(=O)(=O)C2)cc1. The molecule has 1 aliphatic rings. The summed E-state index contributed by atoms with van der Waals surface area (Å²) in [5.41, 5.74) is 1.22. The Morgan fingerprint density at radius 2 is 1.79 bits per heavy atom. The van der Waals surface area contributed by atoms with Crippen LogP contribution in [0.2, 0.25) is 0 Å². The predicted octanol–water partition coefficient (Wildman–Crippen LogP) is 3.69. The van der Waals surface area contributed by atoms with Crippen LogP contribution in [0.15, 0.2) is 48.5 Å². The Hall–Kier alpha value is -2.41. The number of carbonyl (C=O) groups is 1. The Labute approximate surface area is 171 Å². The topological polar surface area (TPSA) is 63.7 Å². The lowest BCUT2D eigenvalue weighted by atomic mass is 10.1. The Kier molecular flexibility index (Phi) is 6.57. The van der Waals surface area contributed by atoms with Crippen LogP contribution in [0.5, 0.6) is 5.75 Å². The molecule has 0 radical (unpaired) electrons. The molecule has 0 unspecified atom stereocenters. The van der Waals surface area contributed by atoms with Crippen LogP contribution in [0.3, 0.4) is 0 Å². The van der Waals surface area contributed by atoms with E-state index in [2.05, 4.69) is 13.8 Å². The van der Waals surface area contributed by atoms with E-state index in [1.165, 1.54) is 12.1 Å². The number of benzene rings is 2. The number of ether oxygens (including phenoxy) is 1. The molecule has 0 bridgehead atoms. The number of halogens is 1. The van der Waals surface area contributed by atoms with Gasteiger partial charge in [-0.25, -0.2) is 12.8 Å². The predicted molar refractivity (Wildman–Crippen MR) is 110 cm³/mol. The van der Waals surface area contributed by atoms with E-state index < -0.39 is 15.9 Å². The second-order valence-corrected chi connectivity index (χ2v) is 10.1. The number of rotatable bonds is 7. The van der Waals surface area contributed by atoms with Crippen molar-refractivity contribution in [1.82, 2.24) is 4.90 Å². The van der Waals surface area contributed by atoms with Crippen LogP contribution >= 0.6 is 0 Å². The van der Waals surface area contributed by atoms with Crippen LogP contribution in [0.1, 0.15) is 36.2 Å². The lowest BCUT2D eigenvalue weighted by molar-refractivity contribution is 0.0681. The molecular formula is C22H26FNO4S. The van der Waals surface area contributed by atoms with Gasteiger partial charge in [0, 0.05) is 18.2 Å². The summed E-state index contributed by atoms with van der Waals surface area (Å²) in [4.78, 5) is 14.8. The zero-order chi connectivity index (χ0) is 21.0. The van der Waals surface area contributed by atoms with E-state index in [4.69, 9.17) is 4.74 Å². The van der Waals surface area contributed by atoms with Gasteiger partial charge in [-0.2, -0.15) is 0 Å². The number of hydrogen-bond acceptors (Lipinski definition) is 4. The van der Waals surface area contributed by atoms with E-state index in [0.717, 1.165) is 5.56 Å².